The Kier molecular flexibility index (Phi) is 5.07. The van der Waals surface area contributed by atoms with Crippen molar-refractivity contribution < 1.29 is 13.2 Å². The van der Waals surface area contributed by atoms with Crippen LogP contribution in [-0.4, -0.2) is 0 Å². The van der Waals surface area contributed by atoms with Crippen LogP contribution in [0.15, 0.2) is 40.9 Å². The molecule has 2 aromatic rings. The van der Waals surface area contributed by atoms with E-state index < -0.39 is 11.7 Å². The monoisotopic (exact) mass is 397 g/mol. The second kappa shape index (κ2) is 6.46. The lowest BCUT2D eigenvalue weighted by atomic mass is 10.1. The van der Waals surface area contributed by atoms with Gasteiger partial charge in [0.15, 0.2) is 0 Å². The predicted octanol–water partition coefficient (Wildman–Crippen LogP) is 6.39. The van der Waals surface area contributed by atoms with Gasteiger partial charge in [0.1, 0.15) is 0 Å². The number of halogens is 6. The van der Waals surface area contributed by atoms with Crippen molar-refractivity contribution >= 4 is 44.8 Å². The molecule has 112 valence electrons. The van der Waals surface area contributed by atoms with Crippen LogP contribution in [0.4, 0.5) is 18.9 Å². The van der Waals surface area contributed by atoms with E-state index in [4.69, 9.17) is 23.2 Å². The van der Waals surface area contributed by atoms with Crippen molar-refractivity contribution in [3.63, 3.8) is 0 Å². The van der Waals surface area contributed by atoms with Gasteiger partial charge in [0, 0.05) is 26.8 Å². The van der Waals surface area contributed by atoms with Gasteiger partial charge in [0.05, 0.1) is 5.56 Å². The molecule has 7 heteroatoms. The molecule has 0 fully saturated rings. The first-order valence-corrected chi connectivity index (χ1v) is 7.36. The van der Waals surface area contributed by atoms with Crippen molar-refractivity contribution in [3.05, 3.63) is 62.0 Å². The topological polar surface area (TPSA) is 12.0 Å². The van der Waals surface area contributed by atoms with Crippen molar-refractivity contribution in [2.24, 2.45) is 0 Å². The molecule has 0 aromatic heterocycles. The number of rotatable bonds is 3. The summed E-state index contributed by atoms with van der Waals surface area (Å²) in [5.41, 5.74) is -0.0321. The van der Waals surface area contributed by atoms with Gasteiger partial charge in [-0.3, -0.25) is 0 Å². The van der Waals surface area contributed by atoms with Gasteiger partial charge in [0.25, 0.3) is 0 Å². The van der Waals surface area contributed by atoms with E-state index in [9.17, 15) is 13.2 Å². The third-order valence-corrected chi connectivity index (χ3v) is 3.62. The summed E-state index contributed by atoms with van der Waals surface area (Å²) in [6.07, 6.45) is -4.43. The van der Waals surface area contributed by atoms with E-state index in [1.165, 1.54) is 6.07 Å². The number of alkyl halides is 3. The first kappa shape index (κ1) is 16.5. The van der Waals surface area contributed by atoms with Crippen molar-refractivity contribution in [2.45, 2.75) is 12.7 Å². The number of nitrogens with one attached hydrogen (secondary N) is 1. The Morgan fingerprint density at radius 3 is 2.19 bits per heavy atom. The molecule has 2 aromatic carbocycles. The SMILES string of the molecule is FC(F)(F)c1cc(Br)ccc1NCc1cc(Cl)cc(Cl)c1. The van der Waals surface area contributed by atoms with E-state index in [-0.39, 0.29) is 12.2 Å². The molecule has 0 atom stereocenters. The molecule has 0 aliphatic heterocycles. The Morgan fingerprint density at radius 2 is 1.62 bits per heavy atom. The number of anilines is 1. The minimum absolute atomic E-state index is 0.00166. The minimum Gasteiger partial charge on any atom is -0.380 e. The summed E-state index contributed by atoms with van der Waals surface area (Å²) < 4.78 is 39.3. The summed E-state index contributed by atoms with van der Waals surface area (Å²) in [7, 11) is 0. The maximum absolute atomic E-state index is 13.0. The molecular formula is C14H9BrCl2F3N. The van der Waals surface area contributed by atoms with E-state index in [0.29, 0.717) is 20.1 Å². The lowest BCUT2D eigenvalue weighted by Crippen LogP contribution is -2.11. The molecule has 0 saturated carbocycles. The molecule has 2 rings (SSSR count). The van der Waals surface area contributed by atoms with Gasteiger partial charge in [-0.1, -0.05) is 39.1 Å². The summed E-state index contributed by atoms with van der Waals surface area (Å²) in [5, 5.41) is 3.63. The smallest absolute Gasteiger partial charge is 0.380 e. The van der Waals surface area contributed by atoms with E-state index in [1.54, 1.807) is 24.3 Å². The zero-order valence-electron chi connectivity index (χ0n) is 10.4. The fourth-order valence-corrected chi connectivity index (χ4v) is 2.75. The summed E-state index contributed by atoms with van der Waals surface area (Å²) in [6, 6.07) is 8.81. The molecule has 0 spiro atoms. The maximum Gasteiger partial charge on any atom is 0.418 e. The Balaban J connectivity index is 2.24. The largest absolute Gasteiger partial charge is 0.418 e. The van der Waals surface area contributed by atoms with Gasteiger partial charge in [0.2, 0.25) is 0 Å². The lowest BCUT2D eigenvalue weighted by Gasteiger charge is -2.15. The minimum atomic E-state index is -4.43. The normalized spacial score (nSPS) is 11.5. The van der Waals surface area contributed by atoms with Crippen LogP contribution in [0, 0.1) is 0 Å². The number of benzene rings is 2. The quantitative estimate of drug-likeness (QED) is 0.631. The van der Waals surface area contributed by atoms with E-state index in [0.717, 1.165) is 6.07 Å². The molecule has 1 N–H and O–H groups in total. The standard InChI is InChI=1S/C14H9BrCl2F3N/c15-9-1-2-13(12(5-9)14(18,19)20)21-7-8-3-10(16)6-11(17)4-8/h1-6,21H,7H2. The molecule has 0 aliphatic rings. The maximum atomic E-state index is 13.0. The van der Waals surface area contributed by atoms with Crippen molar-refractivity contribution in [1.82, 2.24) is 0 Å². The van der Waals surface area contributed by atoms with Gasteiger partial charge in [-0.2, -0.15) is 13.2 Å². The van der Waals surface area contributed by atoms with Gasteiger partial charge in [-0.15, -0.1) is 0 Å². The average Bonchev–Trinajstić information content (AvgIpc) is 2.35. The zero-order valence-corrected chi connectivity index (χ0v) is 13.5. The van der Waals surface area contributed by atoms with Crippen LogP contribution in [0.2, 0.25) is 10.0 Å². The van der Waals surface area contributed by atoms with Crippen LogP contribution < -0.4 is 5.32 Å². The average molecular weight is 399 g/mol. The fraction of sp³-hybridized carbons (Fsp3) is 0.143. The molecule has 0 heterocycles. The second-order valence-electron chi connectivity index (χ2n) is 4.32. The van der Waals surface area contributed by atoms with Crippen LogP contribution in [0.5, 0.6) is 0 Å². The Labute approximate surface area is 138 Å². The third kappa shape index (κ3) is 4.53. The Bertz CT molecular complexity index is 639. The molecule has 0 unspecified atom stereocenters. The zero-order chi connectivity index (χ0) is 15.6. The van der Waals surface area contributed by atoms with E-state index >= 15 is 0 Å². The van der Waals surface area contributed by atoms with Gasteiger partial charge in [-0.05, 0) is 42.0 Å². The summed E-state index contributed by atoms with van der Waals surface area (Å²) in [4.78, 5) is 0. The molecule has 21 heavy (non-hydrogen) atoms. The van der Waals surface area contributed by atoms with Gasteiger partial charge >= 0.3 is 6.18 Å². The van der Waals surface area contributed by atoms with Crippen LogP contribution in [0.1, 0.15) is 11.1 Å². The fourth-order valence-electron chi connectivity index (χ4n) is 1.82. The van der Waals surface area contributed by atoms with Crippen LogP contribution >= 0.6 is 39.1 Å². The highest BCUT2D eigenvalue weighted by molar-refractivity contribution is 9.10. The van der Waals surface area contributed by atoms with Crippen molar-refractivity contribution in [1.29, 1.82) is 0 Å². The van der Waals surface area contributed by atoms with Crippen LogP contribution in [-0.2, 0) is 12.7 Å². The molecular weight excluding hydrogens is 390 g/mol. The highest BCUT2D eigenvalue weighted by atomic mass is 79.9. The van der Waals surface area contributed by atoms with Crippen molar-refractivity contribution in [3.8, 4) is 0 Å². The highest BCUT2D eigenvalue weighted by Crippen LogP contribution is 2.36. The highest BCUT2D eigenvalue weighted by Gasteiger charge is 2.33. The summed E-state index contributed by atoms with van der Waals surface area (Å²) in [5.74, 6) is 0. The predicted molar refractivity (Wildman–Crippen MR) is 82.9 cm³/mol. The lowest BCUT2D eigenvalue weighted by molar-refractivity contribution is -0.137. The molecule has 0 amide bonds. The molecule has 0 bridgehead atoms. The Hall–Kier alpha value is -0.910. The van der Waals surface area contributed by atoms with Crippen molar-refractivity contribution in [2.75, 3.05) is 5.32 Å². The van der Waals surface area contributed by atoms with E-state index in [1.807, 2.05) is 0 Å². The third-order valence-electron chi connectivity index (χ3n) is 2.69. The number of hydrogen-bond acceptors (Lipinski definition) is 1. The number of hydrogen-bond donors (Lipinski definition) is 1. The van der Waals surface area contributed by atoms with E-state index in [2.05, 4.69) is 21.2 Å². The first-order chi connectivity index (χ1) is 9.75. The van der Waals surface area contributed by atoms with Crippen LogP contribution in [0.3, 0.4) is 0 Å². The summed E-state index contributed by atoms with van der Waals surface area (Å²) >= 11 is 14.8. The Morgan fingerprint density at radius 1 is 1.00 bits per heavy atom. The first-order valence-electron chi connectivity index (χ1n) is 5.81. The van der Waals surface area contributed by atoms with Gasteiger partial charge < -0.3 is 5.32 Å². The summed E-state index contributed by atoms with van der Waals surface area (Å²) in [6.45, 7) is 0.186. The molecule has 0 aliphatic carbocycles. The van der Waals surface area contributed by atoms with Crippen LogP contribution in [0.25, 0.3) is 0 Å². The molecule has 1 nitrogen and oxygen atoms in total. The molecule has 0 radical (unpaired) electrons. The second-order valence-corrected chi connectivity index (χ2v) is 6.11. The molecule has 0 saturated heterocycles. The van der Waals surface area contributed by atoms with Gasteiger partial charge in [-0.25, -0.2) is 0 Å².